The van der Waals surface area contributed by atoms with Gasteiger partial charge >= 0.3 is 5.97 Å². The van der Waals surface area contributed by atoms with E-state index in [-0.39, 0.29) is 11.5 Å². The maximum atomic E-state index is 11.1. The number of carbonyl (C=O) groups is 1. The molecule has 0 saturated heterocycles. The first-order valence-electron chi connectivity index (χ1n) is 6.81. The third-order valence-electron chi connectivity index (χ3n) is 2.92. The number of hydrogen-bond acceptors (Lipinski definition) is 6. The second-order valence-electron chi connectivity index (χ2n) is 5.66. The number of rotatable bonds is 5. The quantitative estimate of drug-likeness (QED) is 0.872. The van der Waals surface area contributed by atoms with Gasteiger partial charge in [-0.15, -0.1) is 11.3 Å². The Morgan fingerprint density at radius 3 is 2.70 bits per heavy atom. The minimum absolute atomic E-state index is 0.0561. The topological polar surface area (TPSA) is 103 Å². The molecule has 6 nitrogen and oxygen atoms in total. The van der Waals surface area contributed by atoms with Crippen LogP contribution in [0.3, 0.4) is 0 Å². The summed E-state index contributed by atoms with van der Waals surface area (Å²) in [5, 5.41) is 28.6. The molecule has 2 rings (SSSR count). The Hall–Kier alpha value is -2.43. The molecule has 1 aromatic heterocycles. The van der Waals surface area contributed by atoms with Crippen molar-refractivity contribution in [2.24, 2.45) is 0 Å². The molecule has 1 aromatic carbocycles. The van der Waals surface area contributed by atoms with E-state index in [1.165, 1.54) is 0 Å². The van der Waals surface area contributed by atoms with Crippen LogP contribution in [-0.2, 0) is 0 Å². The van der Waals surface area contributed by atoms with Gasteiger partial charge in [0.1, 0.15) is 28.3 Å². The normalized spacial score (nSPS) is 11.1. The number of hydrogen-bond donors (Lipinski definition) is 2. The average molecular weight is 332 g/mol. The van der Waals surface area contributed by atoms with Gasteiger partial charge in [0.15, 0.2) is 0 Å². The SMILES string of the molecule is Cc1nc(-c2ccc(OCC(C)(C)O)c(C#N)c2)sc1C(=O)O. The lowest BCUT2D eigenvalue weighted by Crippen LogP contribution is -2.28. The zero-order valence-electron chi connectivity index (χ0n) is 13.0. The van der Waals surface area contributed by atoms with Gasteiger partial charge in [-0.25, -0.2) is 9.78 Å². The number of aryl methyl sites for hydroxylation is 1. The summed E-state index contributed by atoms with van der Waals surface area (Å²) in [6.45, 7) is 4.91. The van der Waals surface area contributed by atoms with Crippen LogP contribution < -0.4 is 4.74 Å². The van der Waals surface area contributed by atoms with E-state index >= 15 is 0 Å². The zero-order valence-corrected chi connectivity index (χ0v) is 13.8. The van der Waals surface area contributed by atoms with Gasteiger partial charge in [0.05, 0.1) is 16.9 Å². The molecule has 0 spiro atoms. The summed E-state index contributed by atoms with van der Waals surface area (Å²) in [6, 6.07) is 6.98. The van der Waals surface area contributed by atoms with Crippen molar-refractivity contribution in [1.82, 2.24) is 4.98 Å². The van der Waals surface area contributed by atoms with Crippen LogP contribution in [0.5, 0.6) is 5.75 Å². The van der Waals surface area contributed by atoms with Crippen molar-refractivity contribution in [1.29, 1.82) is 5.26 Å². The summed E-state index contributed by atoms with van der Waals surface area (Å²) in [6.07, 6.45) is 0. The Balaban J connectivity index is 2.34. The number of carboxylic acids is 1. The summed E-state index contributed by atoms with van der Waals surface area (Å²) in [4.78, 5) is 15.5. The maximum absolute atomic E-state index is 11.1. The van der Waals surface area contributed by atoms with Gasteiger partial charge in [-0.1, -0.05) is 0 Å². The van der Waals surface area contributed by atoms with E-state index in [2.05, 4.69) is 4.98 Å². The lowest BCUT2D eigenvalue weighted by Gasteiger charge is -2.18. The summed E-state index contributed by atoms with van der Waals surface area (Å²) >= 11 is 1.06. The van der Waals surface area contributed by atoms with Crippen molar-refractivity contribution >= 4 is 17.3 Å². The number of aromatic nitrogens is 1. The van der Waals surface area contributed by atoms with Gasteiger partial charge in [-0.05, 0) is 39.0 Å². The average Bonchev–Trinajstić information content (AvgIpc) is 2.86. The van der Waals surface area contributed by atoms with Crippen LogP contribution in [0.4, 0.5) is 0 Å². The molecule has 23 heavy (non-hydrogen) atoms. The van der Waals surface area contributed by atoms with Gasteiger partial charge < -0.3 is 14.9 Å². The van der Waals surface area contributed by atoms with E-state index in [4.69, 9.17) is 9.84 Å². The first kappa shape index (κ1) is 16.9. The molecule has 0 aliphatic rings. The van der Waals surface area contributed by atoms with Gasteiger partial charge in [0.2, 0.25) is 0 Å². The number of nitriles is 1. The molecule has 2 aromatic rings. The standard InChI is InChI=1S/C16H16N2O4S/c1-9-13(15(19)20)23-14(18-9)10-4-5-12(11(6-10)7-17)22-8-16(2,3)21/h4-6,21H,8H2,1-3H3,(H,19,20). The molecular formula is C16H16N2O4S. The second-order valence-corrected chi connectivity index (χ2v) is 6.66. The van der Waals surface area contributed by atoms with Crippen LogP contribution in [0.1, 0.15) is 34.8 Å². The summed E-state index contributed by atoms with van der Waals surface area (Å²) in [5.41, 5.74) is 0.390. The molecule has 7 heteroatoms. The largest absolute Gasteiger partial charge is 0.489 e. The fraction of sp³-hybridized carbons (Fsp3) is 0.312. The molecule has 0 aliphatic carbocycles. The highest BCUT2D eigenvalue weighted by Crippen LogP contribution is 2.31. The molecule has 0 fully saturated rings. The molecule has 0 saturated carbocycles. The molecule has 2 N–H and O–H groups in total. The fourth-order valence-corrected chi connectivity index (χ4v) is 2.75. The summed E-state index contributed by atoms with van der Waals surface area (Å²) in [5.74, 6) is -0.651. The number of thiazole rings is 1. The Labute approximate surface area is 137 Å². The molecular weight excluding hydrogens is 316 g/mol. The minimum Gasteiger partial charge on any atom is -0.489 e. The van der Waals surface area contributed by atoms with Crippen LogP contribution in [0.2, 0.25) is 0 Å². The number of nitrogens with zero attached hydrogens (tertiary/aromatic N) is 2. The van der Waals surface area contributed by atoms with Crippen molar-refractivity contribution in [3.8, 4) is 22.4 Å². The smallest absolute Gasteiger partial charge is 0.347 e. The van der Waals surface area contributed by atoms with Crippen molar-refractivity contribution in [3.05, 3.63) is 34.3 Å². The summed E-state index contributed by atoms with van der Waals surface area (Å²) in [7, 11) is 0. The number of carboxylic acid groups (broad SMARTS) is 1. The third-order valence-corrected chi connectivity index (χ3v) is 4.11. The lowest BCUT2D eigenvalue weighted by atomic mass is 10.1. The minimum atomic E-state index is -1.02. The van der Waals surface area contributed by atoms with Crippen molar-refractivity contribution < 1.29 is 19.7 Å². The zero-order chi connectivity index (χ0) is 17.2. The number of ether oxygens (including phenoxy) is 1. The molecule has 120 valence electrons. The highest BCUT2D eigenvalue weighted by Gasteiger charge is 2.18. The molecule has 0 aliphatic heterocycles. The fourth-order valence-electron chi connectivity index (χ4n) is 1.85. The van der Waals surface area contributed by atoms with Crippen LogP contribution >= 0.6 is 11.3 Å². The highest BCUT2D eigenvalue weighted by atomic mass is 32.1. The van der Waals surface area contributed by atoms with Gasteiger partial charge in [0.25, 0.3) is 0 Å². The Morgan fingerprint density at radius 2 is 2.17 bits per heavy atom. The summed E-state index contributed by atoms with van der Waals surface area (Å²) < 4.78 is 5.47. The van der Waals surface area contributed by atoms with Crippen LogP contribution in [0.25, 0.3) is 10.6 Å². The van der Waals surface area contributed by atoms with E-state index in [1.54, 1.807) is 39.0 Å². The lowest BCUT2D eigenvalue weighted by molar-refractivity contribution is 0.0284. The molecule has 0 unspecified atom stereocenters. The molecule has 0 radical (unpaired) electrons. The predicted octanol–water partition coefficient (Wildman–Crippen LogP) is 2.84. The Morgan fingerprint density at radius 1 is 1.48 bits per heavy atom. The first-order valence-corrected chi connectivity index (χ1v) is 7.63. The van der Waals surface area contributed by atoms with E-state index in [0.717, 1.165) is 11.3 Å². The van der Waals surface area contributed by atoms with E-state index in [0.29, 0.717) is 27.6 Å². The predicted molar refractivity (Wildman–Crippen MR) is 85.8 cm³/mol. The van der Waals surface area contributed by atoms with Crippen LogP contribution in [0, 0.1) is 18.3 Å². The van der Waals surface area contributed by atoms with Crippen LogP contribution in [-0.4, -0.2) is 33.4 Å². The number of benzene rings is 1. The van der Waals surface area contributed by atoms with E-state index < -0.39 is 11.6 Å². The molecule has 0 amide bonds. The van der Waals surface area contributed by atoms with E-state index in [1.807, 2.05) is 6.07 Å². The van der Waals surface area contributed by atoms with Crippen molar-refractivity contribution in [2.45, 2.75) is 26.4 Å². The van der Waals surface area contributed by atoms with Crippen molar-refractivity contribution in [3.63, 3.8) is 0 Å². The second kappa shape index (κ2) is 6.36. The highest BCUT2D eigenvalue weighted by molar-refractivity contribution is 7.17. The first-order chi connectivity index (χ1) is 10.7. The van der Waals surface area contributed by atoms with Crippen molar-refractivity contribution in [2.75, 3.05) is 6.61 Å². The Bertz CT molecular complexity index is 784. The molecule has 0 bridgehead atoms. The van der Waals surface area contributed by atoms with Gasteiger partial charge in [-0.3, -0.25) is 0 Å². The van der Waals surface area contributed by atoms with Gasteiger partial charge in [0, 0.05) is 5.56 Å². The Kier molecular flexibility index (Phi) is 4.68. The molecule has 1 heterocycles. The van der Waals surface area contributed by atoms with Crippen LogP contribution in [0.15, 0.2) is 18.2 Å². The van der Waals surface area contributed by atoms with Gasteiger partial charge in [-0.2, -0.15) is 5.26 Å². The maximum Gasteiger partial charge on any atom is 0.347 e. The monoisotopic (exact) mass is 332 g/mol. The third kappa shape index (κ3) is 4.06. The molecule has 0 atom stereocenters. The van der Waals surface area contributed by atoms with E-state index in [9.17, 15) is 15.2 Å². The number of aliphatic hydroxyl groups is 1. The number of aromatic carboxylic acids is 1.